The van der Waals surface area contributed by atoms with Gasteiger partial charge in [0, 0.05) is 43.9 Å². The second-order valence-electron chi connectivity index (χ2n) is 6.60. The molecule has 1 saturated heterocycles. The number of imidazole rings is 1. The summed E-state index contributed by atoms with van der Waals surface area (Å²) in [4.78, 5) is 6.55. The van der Waals surface area contributed by atoms with Gasteiger partial charge in [-0.1, -0.05) is 12.1 Å². The van der Waals surface area contributed by atoms with E-state index in [0.717, 1.165) is 38.5 Å². The van der Waals surface area contributed by atoms with Crippen LogP contribution in [0.15, 0.2) is 55.4 Å². The summed E-state index contributed by atoms with van der Waals surface area (Å²) < 4.78 is 9.90. The second-order valence-corrected chi connectivity index (χ2v) is 6.60. The Kier molecular flexibility index (Phi) is 4.63. The number of rotatable bonds is 5. The van der Waals surface area contributed by atoms with E-state index in [-0.39, 0.29) is 6.10 Å². The van der Waals surface area contributed by atoms with Gasteiger partial charge in [0.15, 0.2) is 0 Å². The van der Waals surface area contributed by atoms with Crippen molar-refractivity contribution < 1.29 is 4.74 Å². The Labute approximate surface area is 147 Å². The predicted octanol–water partition coefficient (Wildman–Crippen LogP) is 2.28. The Hall–Kier alpha value is -2.44. The zero-order valence-corrected chi connectivity index (χ0v) is 14.5. The average Bonchev–Trinajstić information content (AvgIpc) is 3.28. The first-order valence-electron chi connectivity index (χ1n) is 8.66. The highest BCUT2D eigenvalue weighted by atomic mass is 16.5. The topological polar surface area (TPSA) is 48.1 Å². The molecule has 6 heteroatoms. The number of ether oxygens (including phenoxy) is 1. The van der Waals surface area contributed by atoms with Crippen molar-refractivity contribution in [2.24, 2.45) is 0 Å². The third-order valence-electron chi connectivity index (χ3n) is 4.52. The smallest absolute Gasteiger partial charge is 0.0991 e. The maximum Gasteiger partial charge on any atom is 0.0991 e. The highest BCUT2D eigenvalue weighted by Crippen LogP contribution is 2.14. The van der Waals surface area contributed by atoms with Crippen molar-refractivity contribution in [1.82, 2.24) is 24.2 Å². The maximum atomic E-state index is 5.91. The van der Waals surface area contributed by atoms with E-state index in [1.165, 1.54) is 11.1 Å². The summed E-state index contributed by atoms with van der Waals surface area (Å²) in [7, 11) is 0. The lowest BCUT2D eigenvalue weighted by Gasteiger charge is -2.33. The number of benzene rings is 1. The molecule has 0 spiro atoms. The van der Waals surface area contributed by atoms with Crippen molar-refractivity contribution in [2.75, 3.05) is 19.7 Å². The molecule has 0 amide bonds. The minimum absolute atomic E-state index is 0.193. The van der Waals surface area contributed by atoms with Gasteiger partial charge in [-0.2, -0.15) is 5.10 Å². The van der Waals surface area contributed by atoms with E-state index in [4.69, 9.17) is 4.74 Å². The molecule has 3 aromatic rings. The SMILES string of the molecule is Cc1cnn(CC2CN(Cc3ccc(-n4ccnc4)cc3)CCO2)c1. The number of hydrogen-bond acceptors (Lipinski definition) is 4. The summed E-state index contributed by atoms with van der Waals surface area (Å²) in [6, 6.07) is 8.66. The fraction of sp³-hybridized carbons (Fsp3) is 0.368. The van der Waals surface area contributed by atoms with E-state index in [1.807, 2.05) is 28.0 Å². The molecule has 1 atom stereocenters. The molecule has 25 heavy (non-hydrogen) atoms. The number of morpholine rings is 1. The largest absolute Gasteiger partial charge is 0.374 e. The average molecular weight is 337 g/mol. The van der Waals surface area contributed by atoms with E-state index in [9.17, 15) is 0 Å². The first-order chi connectivity index (χ1) is 12.3. The summed E-state index contributed by atoms with van der Waals surface area (Å²) in [5.41, 5.74) is 3.64. The molecule has 130 valence electrons. The number of aromatic nitrogens is 4. The second kappa shape index (κ2) is 7.21. The molecule has 6 nitrogen and oxygen atoms in total. The molecule has 0 bridgehead atoms. The number of aryl methyl sites for hydroxylation is 1. The van der Waals surface area contributed by atoms with E-state index < -0.39 is 0 Å². The van der Waals surface area contributed by atoms with Crippen LogP contribution in [-0.2, 0) is 17.8 Å². The summed E-state index contributed by atoms with van der Waals surface area (Å²) >= 11 is 0. The Morgan fingerprint density at radius 3 is 2.84 bits per heavy atom. The molecule has 0 N–H and O–H groups in total. The van der Waals surface area contributed by atoms with Crippen molar-refractivity contribution in [1.29, 1.82) is 0 Å². The predicted molar refractivity (Wildman–Crippen MR) is 95.5 cm³/mol. The van der Waals surface area contributed by atoms with Gasteiger partial charge in [-0.15, -0.1) is 0 Å². The lowest BCUT2D eigenvalue weighted by molar-refractivity contribution is -0.0402. The van der Waals surface area contributed by atoms with Gasteiger partial charge < -0.3 is 9.30 Å². The summed E-state index contributed by atoms with van der Waals surface area (Å²) in [6.45, 7) is 6.50. The molecule has 3 heterocycles. The number of hydrogen-bond donors (Lipinski definition) is 0. The Morgan fingerprint density at radius 1 is 1.24 bits per heavy atom. The molecule has 1 fully saturated rings. The Bertz CT molecular complexity index is 794. The van der Waals surface area contributed by atoms with E-state index in [2.05, 4.69) is 52.4 Å². The van der Waals surface area contributed by atoms with E-state index in [1.54, 1.807) is 6.20 Å². The first kappa shape index (κ1) is 16.1. The lowest BCUT2D eigenvalue weighted by Crippen LogP contribution is -2.43. The van der Waals surface area contributed by atoms with Crippen LogP contribution in [0.2, 0.25) is 0 Å². The summed E-state index contributed by atoms with van der Waals surface area (Å²) in [5, 5.41) is 4.36. The van der Waals surface area contributed by atoms with E-state index >= 15 is 0 Å². The van der Waals surface area contributed by atoms with Crippen LogP contribution >= 0.6 is 0 Å². The molecule has 1 unspecified atom stereocenters. The van der Waals surface area contributed by atoms with Crippen LogP contribution < -0.4 is 0 Å². The lowest BCUT2D eigenvalue weighted by atomic mass is 10.1. The molecule has 0 aliphatic carbocycles. The van der Waals surface area contributed by atoms with Crippen molar-refractivity contribution >= 4 is 0 Å². The third kappa shape index (κ3) is 3.97. The van der Waals surface area contributed by atoms with Gasteiger partial charge in [-0.25, -0.2) is 4.98 Å². The van der Waals surface area contributed by atoms with Gasteiger partial charge in [0.25, 0.3) is 0 Å². The molecule has 1 aromatic carbocycles. The standard InChI is InChI=1S/C19H23N5O/c1-16-10-21-24(11-16)14-19-13-22(8-9-25-19)12-17-2-4-18(5-3-17)23-7-6-20-15-23/h2-7,10-11,15,19H,8-9,12-14H2,1H3. The molecule has 1 aliphatic rings. The molecule has 2 aromatic heterocycles. The van der Waals surface area contributed by atoms with Gasteiger partial charge in [0.05, 0.1) is 31.8 Å². The molecule has 0 saturated carbocycles. The van der Waals surface area contributed by atoms with Gasteiger partial charge >= 0.3 is 0 Å². The minimum Gasteiger partial charge on any atom is -0.374 e. The Balaban J connectivity index is 1.35. The van der Waals surface area contributed by atoms with Gasteiger partial charge in [0.2, 0.25) is 0 Å². The van der Waals surface area contributed by atoms with Crippen LogP contribution in [0.4, 0.5) is 0 Å². The van der Waals surface area contributed by atoms with Crippen LogP contribution in [0, 0.1) is 6.92 Å². The third-order valence-corrected chi connectivity index (χ3v) is 4.52. The Morgan fingerprint density at radius 2 is 2.12 bits per heavy atom. The maximum absolute atomic E-state index is 5.91. The van der Waals surface area contributed by atoms with Crippen LogP contribution in [0.3, 0.4) is 0 Å². The van der Waals surface area contributed by atoms with Crippen molar-refractivity contribution in [2.45, 2.75) is 26.1 Å². The first-order valence-corrected chi connectivity index (χ1v) is 8.66. The zero-order chi connectivity index (χ0) is 17.1. The fourth-order valence-corrected chi connectivity index (χ4v) is 3.25. The highest BCUT2D eigenvalue weighted by molar-refractivity contribution is 5.34. The molecule has 1 aliphatic heterocycles. The van der Waals surface area contributed by atoms with Gasteiger partial charge in [-0.3, -0.25) is 9.58 Å². The number of nitrogens with zero attached hydrogens (tertiary/aromatic N) is 5. The zero-order valence-electron chi connectivity index (χ0n) is 14.5. The molecular formula is C19H23N5O. The van der Waals surface area contributed by atoms with Crippen LogP contribution in [0.25, 0.3) is 5.69 Å². The normalized spacial score (nSPS) is 18.5. The quantitative estimate of drug-likeness (QED) is 0.717. The summed E-state index contributed by atoms with van der Waals surface area (Å²) in [5.74, 6) is 0. The minimum atomic E-state index is 0.193. The van der Waals surface area contributed by atoms with Crippen molar-refractivity contribution in [3.8, 4) is 5.69 Å². The van der Waals surface area contributed by atoms with Gasteiger partial charge in [0.1, 0.15) is 0 Å². The monoisotopic (exact) mass is 337 g/mol. The van der Waals surface area contributed by atoms with Crippen LogP contribution in [0.1, 0.15) is 11.1 Å². The molecule has 4 rings (SSSR count). The van der Waals surface area contributed by atoms with Gasteiger partial charge in [-0.05, 0) is 30.2 Å². The molecular weight excluding hydrogens is 314 g/mol. The van der Waals surface area contributed by atoms with Crippen LogP contribution in [0.5, 0.6) is 0 Å². The van der Waals surface area contributed by atoms with Crippen LogP contribution in [-0.4, -0.2) is 50.0 Å². The fourth-order valence-electron chi connectivity index (χ4n) is 3.25. The van der Waals surface area contributed by atoms with Crippen molar-refractivity contribution in [3.05, 3.63) is 66.5 Å². The summed E-state index contributed by atoms with van der Waals surface area (Å²) in [6.07, 6.45) is 9.72. The highest BCUT2D eigenvalue weighted by Gasteiger charge is 2.21. The van der Waals surface area contributed by atoms with E-state index in [0.29, 0.717) is 0 Å². The van der Waals surface area contributed by atoms with Crippen molar-refractivity contribution in [3.63, 3.8) is 0 Å². The molecule has 0 radical (unpaired) electrons.